The first kappa shape index (κ1) is 11.6. The largest absolute Gasteiger partial charge is 0.281 e. The summed E-state index contributed by atoms with van der Waals surface area (Å²) in [5, 5.41) is 0.497. The first-order valence-electron chi connectivity index (χ1n) is 3.25. The zero-order valence-electron chi connectivity index (χ0n) is 6.20. The van der Waals surface area contributed by atoms with Crippen LogP contribution >= 0.6 is 50.1 Å². The average molecular weight is 382 g/mol. The lowest BCUT2D eigenvalue weighted by molar-refractivity contribution is 0.146. The molecule has 0 saturated heterocycles. The number of pyridine rings is 1. The maximum atomic E-state index is 12.4. The van der Waals surface area contributed by atoms with Crippen molar-refractivity contribution >= 4 is 50.1 Å². The smallest absolute Gasteiger partial charge is 0.239 e. The minimum Gasteiger partial charge on any atom is -0.239 e. The van der Waals surface area contributed by atoms with Crippen molar-refractivity contribution in [2.24, 2.45) is 0 Å². The van der Waals surface area contributed by atoms with Gasteiger partial charge in [-0.3, -0.25) is 0 Å². The predicted molar refractivity (Wildman–Crippen MR) is 59.6 cm³/mol. The highest BCUT2D eigenvalue weighted by molar-refractivity contribution is 14.1. The van der Waals surface area contributed by atoms with Crippen LogP contribution in [0, 0.1) is 3.70 Å². The Morgan fingerprint density at radius 3 is 2.69 bits per heavy atom. The van der Waals surface area contributed by atoms with Gasteiger partial charge in [0.15, 0.2) is 0 Å². The topological polar surface area (TPSA) is 12.9 Å². The predicted octanol–water partition coefficient (Wildman–Crippen LogP) is 4.17. The summed E-state index contributed by atoms with van der Waals surface area (Å²) in [6.07, 6.45) is -2.62. The molecule has 0 amide bonds. The molecular formula is C7H4BrClF2IN. The molecule has 0 N–H and O–H groups in total. The van der Waals surface area contributed by atoms with Crippen LogP contribution in [0.5, 0.6) is 0 Å². The lowest BCUT2D eigenvalue weighted by Crippen LogP contribution is -1.97. The highest BCUT2D eigenvalue weighted by Crippen LogP contribution is 2.30. The van der Waals surface area contributed by atoms with Gasteiger partial charge in [-0.1, -0.05) is 27.5 Å². The van der Waals surface area contributed by atoms with Gasteiger partial charge in [-0.25, -0.2) is 13.8 Å². The highest BCUT2D eigenvalue weighted by atomic mass is 127. The Morgan fingerprint density at radius 2 is 2.23 bits per heavy atom. The molecule has 0 aliphatic heterocycles. The van der Waals surface area contributed by atoms with Crippen molar-refractivity contribution in [1.82, 2.24) is 4.98 Å². The van der Waals surface area contributed by atoms with Gasteiger partial charge in [0.25, 0.3) is 6.43 Å². The summed E-state index contributed by atoms with van der Waals surface area (Å²) < 4.78 is 25.2. The molecule has 1 aromatic rings. The molecule has 72 valence electrons. The van der Waals surface area contributed by atoms with Gasteiger partial charge in [-0.15, -0.1) is 0 Å². The number of aromatic nitrogens is 1. The van der Waals surface area contributed by atoms with Crippen molar-refractivity contribution < 1.29 is 8.78 Å². The molecular weight excluding hydrogens is 378 g/mol. The second-order valence-corrected chi connectivity index (χ2v) is 4.28. The van der Waals surface area contributed by atoms with Crippen LogP contribution in [0.2, 0.25) is 5.02 Å². The van der Waals surface area contributed by atoms with E-state index in [1.54, 1.807) is 6.07 Å². The Morgan fingerprint density at radius 1 is 1.62 bits per heavy atom. The molecule has 0 unspecified atom stereocenters. The Labute approximate surface area is 101 Å². The van der Waals surface area contributed by atoms with Crippen LogP contribution in [0.4, 0.5) is 8.78 Å². The van der Waals surface area contributed by atoms with Gasteiger partial charge in [0.1, 0.15) is 9.39 Å². The molecule has 1 aromatic heterocycles. The summed E-state index contributed by atoms with van der Waals surface area (Å²) in [6, 6.07) is 1.67. The van der Waals surface area contributed by atoms with Gasteiger partial charge in [-0.2, -0.15) is 0 Å². The van der Waals surface area contributed by atoms with Crippen molar-refractivity contribution in [3.8, 4) is 0 Å². The highest BCUT2D eigenvalue weighted by Gasteiger charge is 2.17. The molecule has 0 radical (unpaired) electrons. The average Bonchev–Trinajstić information content (AvgIpc) is 2.08. The fraction of sp³-hybridized carbons (Fsp3) is 0.286. The maximum Gasteiger partial charge on any atom is 0.281 e. The molecule has 0 atom stereocenters. The lowest BCUT2D eigenvalue weighted by atomic mass is 10.2. The molecule has 6 heteroatoms. The van der Waals surface area contributed by atoms with Crippen LogP contribution in [-0.4, -0.2) is 4.98 Å². The van der Waals surface area contributed by atoms with E-state index in [0.29, 0.717) is 14.6 Å². The number of hydrogen-bond donors (Lipinski definition) is 0. The Kier molecular flexibility index (Phi) is 4.31. The van der Waals surface area contributed by atoms with E-state index in [2.05, 4.69) is 20.9 Å². The Hall–Kier alpha value is 0.510. The second kappa shape index (κ2) is 4.84. The summed E-state index contributed by atoms with van der Waals surface area (Å²) >= 11 is 10.7. The van der Waals surface area contributed by atoms with Gasteiger partial charge in [0.05, 0.1) is 5.02 Å². The Bertz CT molecular complexity index is 322. The van der Waals surface area contributed by atoms with Crippen molar-refractivity contribution in [2.75, 3.05) is 0 Å². The monoisotopic (exact) mass is 381 g/mol. The van der Waals surface area contributed by atoms with Crippen LogP contribution in [0.25, 0.3) is 0 Å². The molecule has 0 saturated carbocycles. The standard InChI is InChI=1S/C7H4BrClF2IN/c8-2-3-1-4(12)13-6(5(3)9)7(10)11/h1,7H,2H2. The first-order chi connectivity index (χ1) is 6.06. The third kappa shape index (κ3) is 2.73. The molecule has 0 aliphatic rings. The number of nitrogens with zero attached hydrogens (tertiary/aromatic N) is 1. The van der Waals surface area contributed by atoms with Crippen molar-refractivity contribution in [2.45, 2.75) is 11.8 Å². The number of alkyl halides is 3. The van der Waals surface area contributed by atoms with E-state index in [0.717, 1.165) is 0 Å². The molecule has 1 heterocycles. The molecule has 0 aliphatic carbocycles. The van der Waals surface area contributed by atoms with Gasteiger partial charge in [0.2, 0.25) is 0 Å². The van der Waals surface area contributed by atoms with E-state index in [4.69, 9.17) is 11.6 Å². The minimum absolute atomic E-state index is 0.0484. The van der Waals surface area contributed by atoms with E-state index in [-0.39, 0.29) is 10.7 Å². The Balaban J connectivity index is 3.27. The normalized spacial score (nSPS) is 10.9. The molecule has 0 aromatic carbocycles. The SMILES string of the molecule is FC(F)c1nc(I)cc(CBr)c1Cl. The van der Waals surface area contributed by atoms with Crippen LogP contribution in [0.3, 0.4) is 0 Å². The summed E-state index contributed by atoms with van der Waals surface area (Å²) in [5.74, 6) is 0. The zero-order chi connectivity index (χ0) is 10.0. The first-order valence-corrected chi connectivity index (χ1v) is 5.83. The number of halogens is 5. The molecule has 13 heavy (non-hydrogen) atoms. The summed E-state index contributed by atoms with van der Waals surface area (Å²) in [4.78, 5) is 3.66. The molecule has 0 fully saturated rings. The van der Waals surface area contributed by atoms with E-state index in [1.165, 1.54) is 0 Å². The second-order valence-electron chi connectivity index (χ2n) is 2.24. The maximum absolute atomic E-state index is 12.4. The van der Waals surface area contributed by atoms with E-state index in [9.17, 15) is 8.78 Å². The third-order valence-corrected chi connectivity index (χ3v) is 2.97. The number of rotatable bonds is 2. The van der Waals surface area contributed by atoms with Gasteiger partial charge in [0, 0.05) is 5.33 Å². The summed E-state index contributed by atoms with van der Waals surface area (Å²) in [6.45, 7) is 0. The van der Waals surface area contributed by atoms with Crippen LogP contribution in [0.15, 0.2) is 6.07 Å². The van der Waals surface area contributed by atoms with Crippen molar-refractivity contribution in [3.63, 3.8) is 0 Å². The molecule has 0 spiro atoms. The van der Waals surface area contributed by atoms with E-state index < -0.39 is 6.43 Å². The minimum atomic E-state index is -2.62. The number of hydrogen-bond acceptors (Lipinski definition) is 1. The van der Waals surface area contributed by atoms with Gasteiger partial charge in [-0.05, 0) is 34.2 Å². The van der Waals surface area contributed by atoms with Crippen molar-refractivity contribution in [3.05, 3.63) is 26.0 Å². The van der Waals surface area contributed by atoms with Crippen molar-refractivity contribution in [1.29, 1.82) is 0 Å². The molecule has 0 bridgehead atoms. The van der Waals surface area contributed by atoms with Crippen LogP contribution in [-0.2, 0) is 5.33 Å². The molecule has 1 rings (SSSR count). The summed E-state index contributed by atoms with van der Waals surface area (Å²) in [5.41, 5.74) is 0.291. The van der Waals surface area contributed by atoms with Gasteiger partial charge >= 0.3 is 0 Å². The summed E-state index contributed by atoms with van der Waals surface area (Å²) in [7, 11) is 0. The fourth-order valence-electron chi connectivity index (χ4n) is 0.810. The fourth-order valence-corrected chi connectivity index (χ4v) is 2.30. The van der Waals surface area contributed by atoms with Crippen LogP contribution in [0.1, 0.15) is 17.7 Å². The zero-order valence-corrected chi connectivity index (χ0v) is 10.7. The lowest BCUT2D eigenvalue weighted by Gasteiger charge is -2.06. The third-order valence-electron chi connectivity index (χ3n) is 1.38. The quantitative estimate of drug-likeness (QED) is 0.425. The van der Waals surface area contributed by atoms with E-state index >= 15 is 0 Å². The van der Waals surface area contributed by atoms with Crippen LogP contribution < -0.4 is 0 Å². The van der Waals surface area contributed by atoms with Gasteiger partial charge < -0.3 is 0 Å². The van der Waals surface area contributed by atoms with E-state index in [1.807, 2.05) is 22.6 Å². The molecule has 1 nitrogen and oxygen atoms in total.